The van der Waals surface area contributed by atoms with Crippen molar-refractivity contribution in [3.8, 4) is 0 Å². The minimum Gasteiger partial charge on any atom is -0.337 e. The first-order valence-corrected chi connectivity index (χ1v) is 5.46. The zero-order valence-electron chi connectivity index (χ0n) is 9.45. The Kier molecular flexibility index (Phi) is 4.66. The minimum absolute atomic E-state index is 0.354. The highest BCUT2D eigenvalue weighted by atomic mass is 15.1. The van der Waals surface area contributed by atoms with Crippen molar-refractivity contribution in [2.24, 2.45) is 7.05 Å². The van der Waals surface area contributed by atoms with E-state index < -0.39 is 0 Å². The Morgan fingerprint density at radius 1 is 1.50 bits per heavy atom. The van der Waals surface area contributed by atoms with E-state index in [4.69, 9.17) is 0 Å². The normalized spacial score (nSPS) is 13.1. The molecule has 1 heterocycles. The van der Waals surface area contributed by atoms with Gasteiger partial charge in [-0.3, -0.25) is 0 Å². The molecule has 0 aromatic carbocycles. The molecule has 3 nitrogen and oxygen atoms in total. The molecule has 1 atom stereocenters. The molecule has 0 saturated carbocycles. The highest BCUT2D eigenvalue weighted by Crippen LogP contribution is 2.08. The van der Waals surface area contributed by atoms with Gasteiger partial charge in [0.05, 0.1) is 6.04 Å². The molecule has 0 spiro atoms. The van der Waals surface area contributed by atoms with Gasteiger partial charge in [0.1, 0.15) is 5.82 Å². The van der Waals surface area contributed by atoms with Crippen LogP contribution in [0.4, 0.5) is 0 Å². The maximum atomic E-state index is 4.32. The summed E-state index contributed by atoms with van der Waals surface area (Å²) in [7, 11) is 2.03. The third-order valence-corrected chi connectivity index (χ3v) is 2.48. The average Bonchev–Trinajstić information content (AvgIpc) is 2.59. The van der Waals surface area contributed by atoms with Crippen LogP contribution in [0.3, 0.4) is 0 Å². The summed E-state index contributed by atoms with van der Waals surface area (Å²) in [4.78, 5) is 4.32. The summed E-state index contributed by atoms with van der Waals surface area (Å²) in [5.41, 5.74) is 0. The molecule has 1 aromatic rings. The maximum absolute atomic E-state index is 4.32. The second kappa shape index (κ2) is 5.81. The number of nitrogens with one attached hydrogen (secondary N) is 1. The molecular weight excluding hydrogens is 174 g/mol. The fourth-order valence-electron chi connectivity index (χ4n) is 1.58. The second-order valence-corrected chi connectivity index (χ2v) is 3.78. The molecule has 1 unspecified atom stereocenters. The number of aromatic nitrogens is 2. The van der Waals surface area contributed by atoms with Crippen LogP contribution < -0.4 is 5.32 Å². The van der Waals surface area contributed by atoms with Crippen LogP contribution in [0.2, 0.25) is 0 Å². The van der Waals surface area contributed by atoms with Crippen molar-refractivity contribution in [2.75, 3.05) is 6.54 Å². The zero-order chi connectivity index (χ0) is 10.4. The van der Waals surface area contributed by atoms with Gasteiger partial charge >= 0.3 is 0 Å². The van der Waals surface area contributed by atoms with E-state index in [0.717, 1.165) is 12.4 Å². The van der Waals surface area contributed by atoms with Gasteiger partial charge in [-0.25, -0.2) is 4.98 Å². The average molecular weight is 195 g/mol. The summed E-state index contributed by atoms with van der Waals surface area (Å²) in [6.45, 7) is 5.47. The lowest BCUT2D eigenvalue weighted by molar-refractivity contribution is 0.511. The Morgan fingerprint density at radius 3 is 2.86 bits per heavy atom. The lowest BCUT2D eigenvalue weighted by atomic mass is 10.2. The Hall–Kier alpha value is -0.830. The molecule has 0 fully saturated rings. The van der Waals surface area contributed by atoms with E-state index in [1.165, 1.54) is 19.3 Å². The van der Waals surface area contributed by atoms with E-state index in [0.29, 0.717) is 6.04 Å². The largest absolute Gasteiger partial charge is 0.337 e. The van der Waals surface area contributed by atoms with Gasteiger partial charge in [-0.2, -0.15) is 0 Å². The van der Waals surface area contributed by atoms with Crippen molar-refractivity contribution in [1.82, 2.24) is 14.9 Å². The van der Waals surface area contributed by atoms with Crippen LogP contribution in [0.15, 0.2) is 12.4 Å². The number of imidazole rings is 1. The molecule has 1 N–H and O–H groups in total. The Balaban J connectivity index is 2.28. The fourth-order valence-corrected chi connectivity index (χ4v) is 1.58. The Bertz CT molecular complexity index is 255. The van der Waals surface area contributed by atoms with Crippen LogP contribution in [0.1, 0.15) is 45.0 Å². The summed E-state index contributed by atoms with van der Waals surface area (Å²) in [5, 5.41) is 3.48. The monoisotopic (exact) mass is 195 g/mol. The van der Waals surface area contributed by atoms with E-state index in [-0.39, 0.29) is 0 Å². The molecule has 3 heteroatoms. The fraction of sp³-hybridized carbons (Fsp3) is 0.727. The lowest BCUT2D eigenvalue weighted by Crippen LogP contribution is -2.22. The van der Waals surface area contributed by atoms with E-state index in [2.05, 4.69) is 28.7 Å². The first kappa shape index (κ1) is 11.2. The maximum Gasteiger partial charge on any atom is 0.125 e. The van der Waals surface area contributed by atoms with E-state index in [1.807, 2.05) is 19.4 Å². The predicted molar refractivity (Wildman–Crippen MR) is 59.2 cm³/mol. The van der Waals surface area contributed by atoms with Crippen LogP contribution in [0.5, 0.6) is 0 Å². The first-order valence-electron chi connectivity index (χ1n) is 5.46. The van der Waals surface area contributed by atoms with Gasteiger partial charge in [0.25, 0.3) is 0 Å². The van der Waals surface area contributed by atoms with Crippen molar-refractivity contribution in [3.63, 3.8) is 0 Å². The topological polar surface area (TPSA) is 29.9 Å². The molecule has 14 heavy (non-hydrogen) atoms. The minimum atomic E-state index is 0.354. The predicted octanol–water partition coefficient (Wildman–Crippen LogP) is 2.26. The number of hydrogen-bond acceptors (Lipinski definition) is 2. The van der Waals surface area contributed by atoms with Crippen molar-refractivity contribution in [2.45, 2.75) is 39.2 Å². The molecule has 0 bridgehead atoms. The molecular formula is C11H21N3. The molecule has 1 aromatic heterocycles. The molecule has 0 aliphatic rings. The summed E-state index contributed by atoms with van der Waals surface area (Å²) < 4.78 is 2.07. The second-order valence-electron chi connectivity index (χ2n) is 3.78. The van der Waals surface area contributed by atoms with Crippen molar-refractivity contribution >= 4 is 0 Å². The van der Waals surface area contributed by atoms with E-state index in [1.54, 1.807) is 0 Å². The van der Waals surface area contributed by atoms with Crippen LogP contribution in [0.25, 0.3) is 0 Å². The van der Waals surface area contributed by atoms with Crippen molar-refractivity contribution < 1.29 is 0 Å². The van der Waals surface area contributed by atoms with E-state index in [9.17, 15) is 0 Å². The number of unbranched alkanes of at least 4 members (excludes halogenated alkanes) is 2. The molecule has 1 rings (SSSR count). The summed E-state index contributed by atoms with van der Waals surface area (Å²) in [6.07, 6.45) is 7.67. The standard InChI is InChI=1S/C11H21N3/c1-4-5-6-7-12-10(2)11-13-8-9-14(11)3/h8-10,12H,4-7H2,1-3H3. The third-order valence-electron chi connectivity index (χ3n) is 2.48. The van der Waals surface area contributed by atoms with Gasteiger partial charge in [-0.05, 0) is 19.9 Å². The van der Waals surface area contributed by atoms with Crippen LogP contribution >= 0.6 is 0 Å². The summed E-state index contributed by atoms with van der Waals surface area (Å²) in [5.74, 6) is 1.11. The van der Waals surface area contributed by atoms with Gasteiger partial charge in [0, 0.05) is 19.4 Å². The molecule has 0 aliphatic heterocycles. The van der Waals surface area contributed by atoms with Crippen molar-refractivity contribution in [1.29, 1.82) is 0 Å². The summed E-state index contributed by atoms with van der Waals surface area (Å²) >= 11 is 0. The number of aryl methyl sites for hydroxylation is 1. The van der Waals surface area contributed by atoms with Gasteiger partial charge in [-0.15, -0.1) is 0 Å². The third kappa shape index (κ3) is 3.14. The van der Waals surface area contributed by atoms with Gasteiger partial charge in [-0.1, -0.05) is 19.8 Å². The molecule has 0 aliphatic carbocycles. The van der Waals surface area contributed by atoms with Crippen molar-refractivity contribution in [3.05, 3.63) is 18.2 Å². The first-order chi connectivity index (χ1) is 6.75. The SMILES string of the molecule is CCCCCNC(C)c1nccn1C. The van der Waals surface area contributed by atoms with Gasteiger partial charge in [0.2, 0.25) is 0 Å². The van der Waals surface area contributed by atoms with Crippen LogP contribution in [0, 0.1) is 0 Å². The van der Waals surface area contributed by atoms with Gasteiger partial charge in [0.15, 0.2) is 0 Å². The Morgan fingerprint density at radius 2 is 2.29 bits per heavy atom. The number of rotatable bonds is 6. The molecule has 0 saturated heterocycles. The van der Waals surface area contributed by atoms with Gasteiger partial charge < -0.3 is 9.88 Å². The molecule has 0 radical (unpaired) electrons. The quantitative estimate of drug-likeness (QED) is 0.706. The highest BCUT2D eigenvalue weighted by Gasteiger charge is 2.07. The number of nitrogens with zero attached hydrogens (tertiary/aromatic N) is 2. The van der Waals surface area contributed by atoms with Crippen LogP contribution in [-0.4, -0.2) is 16.1 Å². The molecule has 80 valence electrons. The zero-order valence-corrected chi connectivity index (χ0v) is 9.45. The van der Waals surface area contributed by atoms with Crippen LogP contribution in [-0.2, 0) is 7.05 Å². The molecule has 0 amide bonds. The Labute approximate surface area is 86.5 Å². The lowest BCUT2D eigenvalue weighted by Gasteiger charge is -2.13. The highest BCUT2D eigenvalue weighted by molar-refractivity contribution is 4.96. The summed E-state index contributed by atoms with van der Waals surface area (Å²) in [6, 6.07) is 0.354. The number of hydrogen-bond donors (Lipinski definition) is 1. The van der Waals surface area contributed by atoms with E-state index >= 15 is 0 Å². The smallest absolute Gasteiger partial charge is 0.125 e.